The number of hydrogen-bond acceptors (Lipinski definition) is 3. The van der Waals surface area contributed by atoms with E-state index >= 15 is 0 Å². The molecule has 1 amide bonds. The molecule has 1 unspecified atom stereocenters. The van der Waals surface area contributed by atoms with Crippen LogP contribution in [0.5, 0.6) is 0 Å². The summed E-state index contributed by atoms with van der Waals surface area (Å²) in [5.41, 5.74) is 1.66. The molecular weight excluding hydrogens is 252 g/mol. The molecule has 106 valence electrons. The minimum atomic E-state index is -0.519. The van der Waals surface area contributed by atoms with E-state index in [4.69, 9.17) is 10.00 Å². The number of benzene rings is 1. The van der Waals surface area contributed by atoms with Crippen molar-refractivity contribution in [3.63, 3.8) is 0 Å². The molecule has 1 fully saturated rings. The molecule has 0 N–H and O–H groups in total. The van der Waals surface area contributed by atoms with Crippen LogP contribution in [0.15, 0.2) is 24.3 Å². The molecule has 0 bridgehead atoms. The van der Waals surface area contributed by atoms with Gasteiger partial charge < -0.3 is 9.64 Å². The van der Waals surface area contributed by atoms with E-state index in [9.17, 15) is 4.79 Å². The summed E-state index contributed by atoms with van der Waals surface area (Å²) in [4.78, 5) is 14.4. The number of morpholine rings is 1. The van der Waals surface area contributed by atoms with Gasteiger partial charge in [-0.3, -0.25) is 4.79 Å². The SMILES string of the molecule is CC(C)(C)c1ccccc1C(=O)N1CCOC(C#N)C1. The van der Waals surface area contributed by atoms with Crippen molar-refractivity contribution in [3.8, 4) is 6.07 Å². The highest BCUT2D eigenvalue weighted by Crippen LogP contribution is 2.27. The first-order valence-corrected chi connectivity index (χ1v) is 6.83. The highest BCUT2D eigenvalue weighted by atomic mass is 16.5. The van der Waals surface area contributed by atoms with Gasteiger partial charge in [-0.15, -0.1) is 0 Å². The standard InChI is InChI=1S/C16H20N2O2/c1-16(2,3)14-7-5-4-6-13(14)15(19)18-8-9-20-12(10-17)11-18/h4-7,12H,8-9,11H2,1-3H3. The van der Waals surface area contributed by atoms with Gasteiger partial charge in [0.25, 0.3) is 5.91 Å². The number of rotatable bonds is 1. The average Bonchev–Trinajstić information content (AvgIpc) is 2.45. The van der Waals surface area contributed by atoms with Gasteiger partial charge in [0.1, 0.15) is 0 Å². The maximum Gasteiger partial charge on any atom is 0.254 e. The van der Waals surface area contributed by atoms with E-state index < -0.39 is 6.10 Å². The minimum Gasteiger partial charge on any atom is -0.360 e. The molecule has 1 heterocycles. The lowest BCUT2D eigenvalue weighted by atomic mass is 9.83. The predicted octanol–water partition coefficient (Wildman–Crippen LogP) is 2.35. The molecule has 0 aliphatic carbocycles. The van der Waals surface area contributed by atoms with Gasteiger partial charge in [0, 0.05) is 12.1 Å². The number of nitrogens with zero attached hydrogens (tertiary/aromatic N) is 2. The zero-order valence-electron chi connectivity index (χ0n) is 12.2. The number of ether oxygens (including phenoxy) is 1. The topological polar surface area (TPSA) is 53.3 Å². The second kappa shape index (κ2) is 5.64. The van der Waals surface area contributed by atoms with Crippen LogP contribution >= 0.6 is 0 Å². The Balaban J connectivity index is 2.28. The van der Waals surface area contributed by atoms with Crippen molar-refractivity contribution in [3.05, 3.63) is 35.4 Å². The van der Waals surface area contributed by atoms with Crippen LogP contribution < -0.4 is 0 Å². The van der Waals surface area contributed by atoms with Crippen LogP contribution in [0.2, 0.25) is 0 Å². The first-order valence-electron chi connectivity index (χ1n) is 6.83. The van der Waals surface area contributed by atoms with Crippen LogP contribution in [0.1, 0.15) is 36.7 Å². The summed E-state index contributed by atoms with van der Waals surface area (Å²) in [5, 5.41) is 8.93. The molecule has 0 saturated carbocycles. The maximum atomic E-state index is 12.7. The van der Waals surface area contributed by atoms with Crippen molar-refractivity contribution in [1.29, 1.82) is 5.26 Å². The number of hydrogen-bond donors (Lipinski definition) is 0. The van der Waals surface area contributed by atoms with Crippen molar-refractivity contribution in [2.24, 2.45) is 0 Å². The van der Waals surface area contributed by atoms with Crippen LogP contribution in [0.25, 0.3) is 0 Å². The molecule has 1 saturated heterocycles. The average molecular weight is 272 g/mol. The van der Waals surface area contributed by atoms with Crippen molar-refractivity contribution in [1.82, 2.24) is 4.90 Å². The summed E-state index contributed by atoms with van der Waals surface area (Å²) in [5.74, 6) is -0.0147. The number of nitriles is 1. The molecule has 0 radical (unpaired) electrons. The number of carbonyl (C=O) groups is 1. The van der Waals surface area contributed by atoms with E-state index in [1.165, 1.54) is 0 Å². The summed E-state index contributed by atoms with van der Waals surface area (Å²) >= 11 is 0. The fraction of sp³-hybridized carbons (Fsp3) is 0.500. The summed E-state index contributed by atoms with van der Waals surface area (Å²) in [6.07, 6.45) is -0.519. The Bertz CT molecular complexity index is 540. The van der Waals surface area contributed by atoms with Crippen LogP contribution in [0.3, 0.4) is 0 Å². The lowest BCUT2D eigenvalue weighted by molar-refractivity contribution is 0.00337. The normalized spacial score (nSPS) is 19.5. The maximum absolute atomic E-state index is 12.7. The third-order valence-corrected chi connectivity index (χ3v) is 3.46. The van der Waals surface area contributed by atoms with E-state index in [-0.39, 0.29) is 11.3 Å². The van der Waals surface area contributed by atoms with Crippen molar-refractivity contribution < 1.29 is 9.53 Å². The first kappa shape index (κ1) is 14.5. The Morgan fingerprint density at radius 1 is 1.40 bits per heavy atom. The summed E-state index contributed by atoms with van der Waals surface area (Å²) < 4.78 is 5.29. The minimum absolute atomic E-state index is 0.0147. The van der Waals surface area contributed by atoms with E-state index in [1.807, 2.05) is 24.3 Å². The molecule has 1 aromatic carbocycles. The van der Waals surface area contributed by atoms with Crippen molar-refractivity contribution in [2.45, 2.75) is 32.3 Å². The lowest BCUT2D eigenvalue weighted by Gasteiger charge is -2.31. The van der Waals surface area contributed by atoms with Gasteiger partial charge in [-0.1, -0.05) is 39.0 Å². The molecule has 2 rings (SSSR count). The zero-order chi connectivity index (χ0) is 14.8. The molecule has 1 aromatic rings. The summed E-state index contributed by atoms with van der Waals surface area (Å²) in [6.45, 7) is 7.58. The monoisotopic (exact) mass is 272 g/mol. The molecule has 4 heteroatoms. The molecule has 0 spiro atoms. The summed E-state index contributed by atoms with van der Waals surface area (Å²) in [6, 6.07) is 9.76. The van der Waals surface area contributed by atoms with E-state index in [0.717, 1.165) is 11.1 Å². The largest absolute Gasteiger partial charge is 0.360 e. The molecule has 0 aromatic heterocycles. The predicted molar refractivity (Wildman–Crippen MR) is 76.4 cm³/mol. The third kappa shape index (κ3) is 3.00. The molecule has 4 nitrogen and oxygen atoms in total. The lowest BCUT2D eigenvalue weighted by Crippen LogP contribution is -2.45. The highest BCUT2D eigenvalue weighted by Gasteiger charge is 2.28. The Hall–Kier alpha value is -1.86. The Morgan fingerprint density at radius 3 is 2.75 bits per heavy atom. The van der Waals surface area contributed by atoms with Crippen LogP contribution in [0.4, 0.5) is 0 Å². The zero-order valence-corrected chi connectivity index (χ0v) is 12.2. The van der Waals surface area contributed by atoms with Gasteiger partial charge in [-0.05, 0) is 17.0 Å². The van der Waals surface area contributed by atoms with Gasteiger partial charge in [-0.25, -0.2) is 0 Å². The first-order chi connectivity index (χ1) is 9.43. The molecule has 1 aliphatic heterocycles. The van der Waals surface area contributed by atoms with Crippen molar-refractivity contribution >= 4 is 5.91 Å². The molecule has 1 atom stereocenters. The fourth-order valence-corrected chi connectivity index (χ4v) is 2.41. The highest BCUT2D eigenvalue weighted by molar-refractivity contribution is 5.96. The second-order valence-electron chi connectivity index (χ2n) is 6.04. The van der Waals surface area contributed by atoms with Gasteiger partial charge in [0.05, 0.1) is 19.2 Å². The van der Waals surface area contributed by atoms with Crippen molar-refractivity contribution in [2.75, 3.05) is 19.7 Å². The number of amides is 1. The second-order valence-corrected chi connectivity index (χ2v) is 6.04. The smallest absolute Gasteiger partial charge is 0.254 e. The van der Waals surface area contributed by atoms with Crippen LogP contribution in [-0.2, 0) is 10.2 Å². The van der Waals surface area contributed by atoms with Gasteiger partial charge >= 0.3 is 0 Å². The van der Waals surface area contributed by atoms with Crippen LogP contribution in [0, 0.1) is 11.3 Å². The third-order valence-electron chi connectivity index (χ3n) is 3.46. The fourth-order valence-electron chi connectivity index (χ4n) is 2.41. The molecule has 1 aliphatic rings. The van der Waals surface area contributed by atoms with E-state index in [2.05, 4.69) is 26.8 Å². The van der Waals surface area contributed by atoms with E-state index in [1.54, 1.807) is 4.90 Å². The Morgan fingerprint density at radius 2 is 2.10 bits per heavy atom. The Kier molecular flexibility index (Phi) is 4.10. The quantitative estimate of drug-likeness (QED) is 0.788. The van der Waals surface area contributed by atoms with Crippen LogP contribution in [-0.4, -0.2) is 36.6 Å². The molecule has 20 heavy (non-hydrogen) atoms. The summed E-state index contributed by atoms with van der Waals surface area (Å²) in [7, 11) is 0. The number of carbonyl (C=O) groups excluding carboxylic acids is 1. The Labute approximate surface area is 120 Å². The molecular formula is C16H20N2O2. The van der Waals surface area contributed by atoms with Gasteiger partial charge in [-0.2, -0.15) is 5.26 Å². The van der Waals surface area contributed by atoms with E-state index in [0.29, 0.717) is 19.7 Å². The van der Waals surface area contributed by atoms with Gasteiger partial charge in [0.2, 0.25) is 0 Å². The van der Waals surface area contributed by atoms with Gasteiger partial charge in [0.15, 0.2) is 6.10 Å².